The molecule has 3 rings (SSSR count). The third kappa shape index (κ3) is 2.02. The normalized spacial score (nSPS) is 36.2. The van der Waals surface area contributed by atoms with E-state index in [0.29, 0.717) is 22.9 Å². The fourth-order valence-corrected chi connectivity index (χ4v) is 5.13. The summed E-state index contributed by atoms with van der Waals surface area (Å²) in [6.07, 6.45) is 4.25. The van der Waals surface area contributed by atoms with Gasteiger partial charge in [0.2, 0.25) is 0 Å². The van der Waals surface area contributed by atoms with Crippen molar-refractivity contribution in [3.05, 3.63) is 35.4 Å². The molecule has 20 heavy (non-hydrogen) atoms. The van der Waals surface area contributed by atoms with Crippen molar-refractivity contribution < 1.29 is 0 Å². The van der Waals surface area contributed by atoms with Gasteiger partial charge >= 0.3 is 0 Å². The molecule has 1 aromatic rings. The smallest absolute Gasteiger partial charge is 0.0297 e. The molecule has 1 heteroatoms. The van der Waals surface area contributed by atoms with Gasteiger partial charge in [0.25, 0.3) is 0 Å². The summed E-state index contributed by atoms with van der Waals surface area (Å²) in [6.45, 7) is 12.0. The zero-order valence-corrected chi connectivity index (χ0v) is 13.7. The Morgan fingerprint density at radius 1 is 1.20 bits per heavy atom. The van der Waals surface area contributed by atoms with E-state index in [1.54, 1.807) is 0 Å². The summed E-state index contributed by atoms with van der Waals surface area (Å²) in [7, 11) is 0. The Hall–Kier alpha value is -0.820. The average Bonchev–Trinajstić information content (AvgIpc) is 2.86. The average molecular weight is 271 g/mol. The third-order valence-corrected chi connectivity index (χ3v) is 6.34. The van der Waals surface area contributed by atoms with Crippen molar-refractivity contribution in [3.8, 4) is 0 Å². The summed E-state index contributed by atoms with van der Waals surface area (Å²) in [5.74, 6) is 0.911. The minimum absolute atomic E-state index is 0.434. The van der Waals surface area contributed by atoms with Crippen molar-refractivity contribution >= 4 is 0 Å². The van der Waals surface area contributed by atoms with E-state index >= 15 is 0 Å². The molecular weight excluding hydrogens is 242 g/mol. The molecule has 0 saturated heterocycles. The third-order valence-electron chi connectivity index (χ3n) is 6.34. The van der Waals surface area contributed by atoms with Crippen LogP contribution in [0.3, 0.4) is 0 Å². The van der Waals surface area contributed by atoms with E-state index in [2.05, 4.69) is 64.2 Å². The minimum atomic E-state index is 0.434. The molecule has 1 N–H and O–H groups in total. The molecule has 2 fully saturated rings. The van der Waals surface area contributed by atoms with Crippen molar-refractivity contribution in [2.75, 3.05) is 0 Å². The first-order chi connectivity index (χ1) is 9.34. The van der Waals surface area contributed by atoms with Crippen LogP contribution >= 0.6 is 0 Å². The fraction of sp³-hybridized carbons (Fsp3) is 0.684. The topological polar surface area (TPSA) is 12.0 Å². The number of nitrogens with one attached hydrogen (secondary N) is 1. The van der Waals surface area contributed by atoms with E-state index in [0.717, 1.165) is 5.92 Å². The van der Waals surface area contributed by atoms with Gasteiger partial charge in [0.1, 0.15) is 0 Å². The number of rotatable bonds is 3. The maximum Gasteiger partial charge on any atom is 0.0297 e. The molecule has 1 nitrogen and oxygen atoms in total. The number of aryl methyl sites for hydroxylation is 1. The lowest BCUT2D eigenvalue weighted by atomic mass is 9.68. The first-order valence-corrected chi connectivity index (χ1v) is 8.16. The van der Waals surface area contributed by atoms with Gasteiger partial charge in [-0.15, -0.1) is 0 Å². The molecule has 0 heterocycles. The standard InChI is InChI=1S/C19H29N/c1-13-8-6-7-9-16(13)14(2)20-17-18(3,4)15-10-11-19(17,5)12-15/h6-9,14-15,17,20H,10-12H2,1-5H3/t14-,15?,17?,19?/m0/s1. The quantitative estimate of drug-likeness (QED) is 0.827. The molecule has 3 unspecified atom stereocenters. The van der Waals surface area contributed by atoms with Crippen molar-refractivity contribution in [2.45, 2.75) is 66.0 Å². The summed E-state index contributed by atoms with van der Waals surface area (Å²) in [5.41, 5.74) is 3.79. The molecule has 2 aliphatic carbocycles. The number of hydrogen-bond acceptors (Lipinski definition) is 1. The first kappa shape index (κ1) is 14.1. The van der Waals surface area contributed by atoms with Gasteiger partial charge < -0.3 is 5.32 Å². The highest BCUT2D eigenvalue weighted by Crippen LogP contribution is 2.62. The molecule has 2 bridgehead atoms. The fourth-order valence-electron chi connectivity index (χ4n) is 5.13. The van der Waals surface area contributed by atoms with Crippen LogP contribution in [-0.4, -0.2) is 6.04 Å². The molecule has 4 atom stereocenters. The van der Waals surface area contributed by atoms with Crippen LogP contribution in [-0.2, 0) is 0 Å². The Balaban J connectivity index is 1.83. The summed E-state index contributed by atoms with van der Waals surface area (Å²) in [4.78, 5) is 0. The summed E-state index contributed by atoms with van der Waals surface area (Å²) in [5, 5.41) is 4.00. The highest BCUT2D eigenvalue weighted by Gasteiger charge is 2.59. The van der Waals surface area contributed by atoms with Crippen LogP contribution in [0.15, 0.2) is 24.3 Å². The van der Waals surface area contributed by atoms with Crippen molar-refractivity contribution in [3.63, 3.8) is 0 Å². The van der Waals surface area contributed by atoms with E-state index < -0.39 is 0 Å². The largest absolute Gasteiger partial charge is 0.306 e. The Morgan fingerprint density at radius 3 is 2.50 bits per heavy atom. The van der Waals surface area contributed by atoms with E-state index in [9.17, 15) is 0 Å². The molecule has 1 aromatic carbocycles. The minimum Gasteiger partial charge on any atom is -0.306 e. The second-order valence-electron chi connectivity index (χ2n) is 8.09. The first-order valence-electron chi connectivity index (χ1n) is 8.16. The molecule has 0 radical (unpaired) electrons. The van der Waals surface area contributed by atoms with E-state index in [4.69, 9.17) is 0 Å². The van der Waals surface area contributed by atoms with Crippen LogP contribution in [0.25, 0.3) is 0 Å². The lowest BCUT2D eigenvalue weighted by Gasteiger charge is -2.45. The molecule has 2 saturated carbocycles. The number of hydrogen-bond donors (Lipinski definition) is 1. The SMILES string of the molecule is Cc1ccccc1[C@H](C)NC1C2(C)CCC(C2)C1(C)C. The van der Waals surface area contributed by atoms with Crippen molar-refractivity contribution in [1.82, 2.24) is 5.32 Å². The predicted octanol–water partition coefficient (Wildman–Crippen LogP) is 4.86. The van der Waals surface area contributed by atoms with Gasteiger partial charge in [-0.1, -0.05) is 45.0 Å². The maximum atomic E-state index is 4.00. The highest BCUT2D eigenvalue weighted by atomic mass is 15.0. The van der Waals surface area contributed by atoms with Crippen LogP contribution in [0.5, 0.6) is 0 Å². The Bertz CT molecular complexity index is 499. The second kappa shape index (κ2) is 4.59. The van der Waals surface area contributed by atoms with E-state index in [1.165, 1.54) is 30.4 Å². The maximum absolute atomic E-state index is 4.00. The van der Waals surface area contributed by atoms with Crippen molar-refractivity contribution in [1.29, 1.82) is 0 Å². The van der Waals surface area contributed by atoms with Gasteiger partial charge in [-0.3, -0.25) is 0 Å². The Morgan fingerprint density at radius 2 is 1.90 bits per heavy atom. The van der Waals surface area contributed by atoms with Gasteiger partial charge in [0.05, 0.1) is 0 Å². The van der Waals surface area contributed by atoms with Crippen LogP contribution in [0, 0.1) is 23.7 Å². The molecule has 2 aliphatic rings. The van der Waals surface area contributed by atoms with Gasteiger partial charge in [0, 0.05) is 12.1 Å². The van der Waals surface area contributed by atoms with Crippen LogP contribution in [0.2, 0.25) is 0 Å². The van der Waals surface area contributed by atoms with Gasteiger partial charge in [-0.25, -0.2) is 0 Å². The lowest BCUT2D eigenvalue weighted by Crippen LogP contribution is -2.51. The van der Waals surface area contributed by atoms with Gasteiger partial charge in [0.15, 0.2) is 0 Å². The molecule has 0 aromatic heterocycles. The predicted molar refractivity (Wildman–Crippen MR) is 85.7 cm³/mol. The number of benzene rings is 1. The van der Waals surface area contributed by atoms with Crippen LogP contribution in [0.1, 0.15) is 64.1 Å². The van der Waals surface area contributed by atoms with Gasteiger partial charge in [-0.2, -0.15) is 0 Å². The summed E-state index contributed by atoms with van der Waals surface area (Å²) >= 11 is 0. The van der Waals surface area contributed by atoms with Crippen molar-refractivity contribution in [2.24, 2.45) is 16.7 Å². The lowest BCUT2D eigenvalue weighted by molar-refractivity contribution is 0.100. The number of fused-ring (bicyclic) bond motifs is 2. The van der Waals surface area contributed by atoms with E-state index in [1.807, 2.05) is 0 Å². The van der Waals surface area contributed by atoms with Gasteiger partial charge in [-0.05, 0) is 61.0 Å². The molecule has 0 aliphatic heterocycles. The van der Waals surface area contributed by atoms with E-state index in [-0.39, 0.29) is 0 Å². The molecule has 0 amide bonds. The molecular formula is C19H29N. The monoisotopic (exact) mass is 271 g/mol. The highest BCUT2D eigenvalue weighted by molar-refractivity contribution is 5.29. The van der Waals surface area contributed by atoms with Crippen LogP contribution in [0.4, 0.5) is 0 Å². The zero-order chi connectivity index (χ0) is 14.5. The molecule has 0 spiro atoms. The summed E-state index contributed by atoms with van der Waals surface area (Å²) < 4.78 is 0. The summed E-state index contributed by atoms with van der Waals surface area (Å²) in [6, 6.07) is 9.87. The Labute approximate surface area is 124 Å². The molecule has 110 valence electrons. The Kier molecular flexibility index (Phi) is 3.25. The second-order valence-corrected chi connectivity index (χ2v) is 8.09. The zero-order valence-electron chi connectivity index (χ0n) is 13.7. The van der Waals surface area contributed by atoms with Crippen LogP contribution < -0.4 is 5.32 Å².